The zero-order chi connectivity index (χ0) is 19.2. The van der Waals surface area contributed by atoms with Gasteiger partial charge in [0.15, 0.2) is 10.9 Å². The fourth-order valence-corrected chi connectivity index (χ4v) is 3.49. The molecule has 7 heteroatoms. The smallest absolute Gasteiger partial charge is 0.276 e. The molecule has 0 aliphatic heterocycles. The van der Waals surface area contributed by atoms with Gasteiger partial charge in [-0.1, -0.05) is 59.8 Å². The number of amides is 1. The quantitative estimate of drug-likeness (QED) is 0.467. The highest BCUT2D eigenvalue weighted by atomic mass is 35.5. The molecule has 0 saturated heterocycles. The van der Waals surface area contributed by atoms with Crippen LogP contribution in [0.5, 0.6) is 5.75 Å². The van der Waals surface area contributed by atoms with Crippen molar-refractivity contribution >= 4 is 35.0 Å². The molecule has 0 radical (unpaired) electrons. The zero-order valence-corrected chi connectivity index (χ0v) is 16.5. The van der Waals surface area contributed by atoms with E-state index in [0.717, 1.165) is 0 Å². The number of nitrogens with one attached hydrogen (secondary N) is 1. The molecule has 1 N–H and O–H groups in total. The van der Waals surface area contributed by atoms with Crippen LogP contribution >= 0.6 is 23.4 Å². The molecule has 2 aromatic carbocycles. The van der Waals surface area contributed by atoms with Crippen molar-refractivity contribution in [1.82, 2.24) is 9.97 Å². The lowest BCUT2D eigenvalue weighted by molar-refractivity contribution is 0.102. The third kappa shape index (κ3) is 4.78. The second-order valence-corrected chi connectivity index (χ2v) is 7.07. The van der Waals surface area contributed by atoms with Gasteiger partial charge in [-0.25, -0.2) is 9.97 Å². The van der Waals surface area contributed by atoms with E-state index < -0.39 is 5.91 Å². The molecule has 138 valence electrons. The minimum absolute atomic E-state index is 0.129. The number of thioether (sulfide) groups is 1. The van der Waals surface area contributed by atoms with E-state index >= 15 is 0 Å². The highest BCUT2D eigenvalue weighted by Crippen LogP contribution is 2.26. The Labute approximate surface area is 167 Å². The van der Waals surface area contributed by atoms with Crippen molar-refractivity contribution in [3.8, 4) is 5.75 Å². The van der Waals surface area contributed by atoms with Crippen LogP contribution in [-0.4, -0.2) is 23.0 Å². The standard InChI is InChI=1S/C20H18ClN3O2S/c1-13-7-3-4-8-14(13)12-27-20-22-11-15(21)18(24-20)19(25)23-16-9-5-6-10-17(16)26-2/h3-11H,12H2,1-2H3,(H,23,25). The number of aryl methyl sites for hydroxylation is 1. The van der Waals surface area contributed by atoms with Gasteiger partial charge in [0.05, 0.1) is 24.0 Å². The molecule has 0 unspecified atom stereocenters. The molecule has 5 nitrogen and oxygen atoms in total. The highest BCUT2D eigenvalue weighted by Gasteiger charge is 2.16. The number of hydrogen-bond acceptors (Lipinski definition) is 5. The molecule has 3 rings (SSSR count). The molecule has 0 bridgehead atoms. The van der Waals surface area contributed by atoms with Gasteiger partial charge in [-0.3, -0.25) is 4.79 Å². The fraction of sp³-hybridized carbons (Fsp3) is 0.150. The maximum absolute atomic E-state index is 12.6. The number of halogens is 1. The summed E-state index contributed by atoms with van der Waals surface area (Å²) < 4.78 is 5.25. The lowest BCUT2D eigenvalue weighted by Crippen LogP contribution is -2.15. The number of benzene rings is 2. The molecular weight excluding hydrogens is 382 g/mol. The number of para-hydroxylation sites is 2. The van der Waals surface area contributed by atoms with Gasteiger partial charge >= 0.3 is 0 Å². The van der Waals surface area contributed by atoms with E-state index in [0.29, 0.717) is 22.3 Å². The fourth-order valence-electron chi connectivity index (χ4n) is 2.42. The van der Waals surface area contributed by atoms with Crippen LogP contribution in [0, 0.1) is 6.92 Å². The molecule has 27 heavy (non-hydrogen) atoms. The predicted molar refractivity (Wildman–Crippen MR) is 109 cm³/mol. The first-order valence-electron chi connectivity index (χ1n) is 8.22. The van der Waals surface area contributed by atoms with Gasteiger partial charge in [-0.15, -0.1) is 0 Å². The predicted octanol–water partition coefficient (Wildman–Crippen LogP) is 4.99. The van der Waals surface area contributed by atoms with Crippen LogP contribution in [0.3, 0.4) is 0 Å². The Morgan fingerprint density at radius 3 is 2.70 bits per heavy atom. The Balaban J connectivity index is 1.76. The molecule has 3 aromatic rings. The number of rotatable bonds is 6. The first-order valence-corrected chi connectivity index (χ1v) is 9.59. The third-order valence-electron chi connectivity index (χ3n) is 3.91. The number of anilines is 1. The van der Waals surface area contributed by atoms with E-state index in [1.807, 2.05) is 24.3 Å². The van der Waals surface area contributed by atoms with E-state index in [4.69, 9.17) is 16.3 Å². The van der Waals surface area contributed by atoms with Crippen molar-refractivity contribution in [2.24, 2.45) is 0 Å². The van der Waals surface area contributed by atoms with Crippen molar-refractivity contribution < 1.29 is 9.53 Å². The van der Waals surface area contributed by atoms with Crippen LogP contribution in [-0.2, 0) is 5.75 Å². The van der Waals surface area contributed by atoms with Gasteiger partial charge < -0.3 is 10.1 Å². The Bertz CT molecular complexity index is 965. The summed E-state index contributed by atoms with van der Waals surface area (Å²) in [6, 6.07) is 15.3. The van der Waals surface area contributed by atoms with Gasteiger partial charge in [-0.05, 0) is 30.2 Å². The van der Waals surface area contributed by atoms with Gasteiger partial charge in [0.2, 0.25) is 0 Å². The normalized spacial score (nSPS) is 10.5. The number of carbonyl (C=O) groups is 1. The van der Waals surface area contributed by atoms with Crippen LogP contribution in [0.4, 0.5) is 5.69 Å². The maximum atomic E-state index is 12.6. The van der Waals surface area contributed by atoms with E-state index in [9.17, 15) is 4.79 Å². The molecule has 0 fully saturated rings. The van der Waals surface area contributed by atoms with Crippen LogP contribution in [0.25, 0.3) is 0 Å². The lowest BCUT2D eigenvalue weighted by Gasteiger charge is -2.10. The topological polar surface area (TPSA) is 64.1 Å². The van der Waals surface area contributed by atoms with Crippen molar-refractivity contribution in [3.05, 3.63) is 76.6 Å². The SMILES string of the molecule is COc1ccccc1NC(=O)c1nc(SCc2ccccc2C)ncc1Cl. The van der Waals surface area contributed by atoms with Crippen LogP contribution in [0.15, 0.2) is 59.9 Å². The van der Waals surface area contributed by atoms with Gasteiger partial charge in [-0.2, -0.15) is 0 Å². The van der Waals surface area contributed by atoms with Crippen LogP contribution in [0.2, 0.25) is 5.02 Å². The minimum atomic E-state index is -0.412. The summed E-state index contributed by atoms with van der Waals surface area (Å²) in [6.45, 7) is 2.06. The first kappa shape index (κ1) is 19.2. The van der Waals surface area contributed by atoms with E-state index in [1.54, 1.807) is 19.2 Å². The number of ether oxygens (including phenoxy) is 1. The number of aromatic nitrogens is 2. The molecule has 0 saturated carbocycles. The van der Waals surface area contributed by atoms with Crippen molar-refractivity contribution in [2.45, 2.75) is 17.8 Å². The summed E-state index contributed by atoms with van der Waals surface area (Å²) in [5, 5.41) is 3.47. The average molecular weight is 400 g/mol. The molecular formula is C20H18ClN3O2S. The number of hydrogen-bond donors (Lipinski definition) is 1. The first-order chi connectivity index (χ1) is 13.1. The van der Waals surface area contributed by atoms with Crippen molar-refractivity contribution in [3.63, 3.8) is 0 Å². The van der Waals surface area contributed by atoms with Gasteiger partial charge in [0.1, 0.15) is 5.75 Å². The Kier molecular flexibility index (Phi) is 6.32. The van der Waals surface area contributed by atoms with E-state index in [-0.39, 0.29) is 10.7 Å². The molecule has 0 aliphatic rings. The second-order valence-electron chi connectivity index (χ2n) is 5.72. The summed E-state index contributed by atoms with van der Waals surface area (Å²) in [5.41, 5.74) is 3.08. The Morgan fingerprint density at radius 2 is 1.93 bits per heavy atom. The molecule has 0 atom stereocenters. The number of nitrogens with zero attached hydrogens (tertiary/aromatic N) is 2. The monoisotopic (exact) mass is 399 g/mol. The van der Waals surface area contributed by atoms with Crippen LogP contribution < -0.4 is 10.1 Å². The number of methoxy groups -OCH3 is 1. The van der Waals surface area contributed by atoms with E-state index in [2.05, 4.69) is 34.3 Å². The van der Waals surface area contributed by atoms with E-state index in [1.165, 1.54) is 29.1 Å². The Morgan fingerprint density at radius 1 is 1.19 bits per heavy atom. The largest absolute Gasteiger partial charge is 0.495 e. The highest BCUT2D eigenvalue weighted by molar-refractivity contribution is 7.98. The maximum Gasteiger partial charge on any atom is 0.276 e. The summed E-state index contributed by atoms with van der Waals surface area (Å²) in [7, 11) is 1.54. The summed E-state index contributed by atoms with van der Waals surface area (Å²) in [4.78, 5) is 21.2. The second kappa shape index (κ2) is 8.88. The van der Waals surface area contributed by atoms with Gasteiger partial charge in [0, 0.05) is 5.75 Å². The molecule has 1 aromatic heterocycles. The molecule has 0 aliphatic carbocycles. The molecule has 1 amide bonds. The molecule has 0 spiro atoms. The summed E-state index contributed by atoms with van der Waals surface area (Å²) in [6.07, 6.45) is 1.45. The molecule has 1 heterocycles. The van der Waals surface area contributed by atoms with Crippen molar-refractivity contribution in [1.29, 1.82) is 0 Å². The Hall–Kier alpha value is -2.57. The average Bonchev–Trinajstić information content (AvgIpc) is 2.68. The van der Waals surface area contributed by atoms with Crippen molar-refractivity contribution in [2.75, 3.05) is 12.4 Å². The number of carbonyl (C=O) groups excluding carboxylic acids is 1. The summed E-state index contributed by atoms with van der Waals surface area (Å²) in [5.74, 6) is 0.858. The third-order valence-corrected chi connectivity index (χ3v) is 5.10. The lowest BCUT2D eigenvalue weighted by atomic mass is 10.1. The van der Waals surface area contributed by atoms with Gasteiger partial charge in [0.25, 0.3) is 5.91 Å². The zero-order valence-electron chi connectivity index (χ0n) is 14.9. The minimum Gasteiger partial charge on any atom is -0.495 e. The summed E-state index contributed by atoms with van der Waals surface area (Å²) >= 11 is 7.60. The van der Waals surface area contributed by atoms with Crippen LogP contribution in [0.1, 0.15) is 21.6 Å².